The van der Waals surface area contributed by atoms with Gasteiger partial charge in [0, 0.05) is 38.1 Å². The van der Waals surface area contributed by atoms with Crippen LogP contribution < -0.4 is 5.32 Å². The summed E-state index contributed by atoms with van der Waals surface area (Å²) in [5.74, 6) is -1.70. The zero-order chi connectivity index (χ0) is 14.9. The largest absolute Gasteiger partial charge is 0.478 e. The highest BCUT2D eigenvalue weighted by Crippen LogP contribution is 2.08. The SMILES string of the molecule is Cc1c(CNC(=O)c2nn(C)cc2C(=O)O)cnn1C. The second-order valence-corrected chi connectivity index (χ2v) is 4.43. The molecule has 20 heavy (non-hydrogen) atoms. The van der Waals surface area contributed by atoms with Gasteiger partial charge in [0.2, 0.25) is 0 Å². The molecule has 0 aliphatic carbocycles. The molecule has 0 saturated carbocycles. The first-order valence-corrected chi connectivity index (χ1v) is 5.92. The van der Waals surface area contributed by atoms with Gasteiger partial charge < -0.3 is 10.4 Å². The van der Waals surface area contributed by atoms with Crippen molar-refractivity contribution in [3.63, 3.8) is 0 Å². The van der Waals surface area contributed by atoms with E-state index in [1.165, 1.54) is 10.9 Å². The summed E-state index contributed by atoms with van der Waals surface area (Å²) in [6.07, 6.45) is 2.96. The molecule has 106 valence electrons. The molecule has 2 aromatic heterocycles. The Hall–Kier alpha value is -2.64. The van der Waals surface area contributed by atoms with Crippen LogP contribution in [0.25, 0.3) is 0 Å². The van der Waals surface area contributed by atoms with Crippen molar-refractivity contribution in [1.29, 1.82) is 0 Å². The van der Waals surface area contributed by atoms with E-state index in [1.54, 1.807) is 17.9 Å². The molecule has 2 rings (SSSR count). The zero-order valence-corrected chi connectivity index (χ0v) is 11.4. The van der Waals surface area contributed by atoms with E-state index < -0.39 is 11.9 Å². The first-order chi connectivity index (χ1) is 9.40. The molecule has 2 heterocycles. The maximum atomic E-state index is 12.0. The van der Waals surface area contributed by atoms with E-state index in [4.69, 9.17) is 5.11 Å². The van der Waals surface area contributed by atoms with Crippen LogP contribution in [0.5, 0.6) is 0 Å². The van der Waals surface area contributed by atoms with Crippen molar-refractivity contribution >= 4 is 11.9 Å². The Labute approximate surface area is 115 Å². The van der Waals surface area contributed by atoms with Crippen LogP contribution in [0, 0.1) is 6.92 Å². The fourth-order valence-corrected chi connectivity index (χ4v) is 1.79. The van der Waals surface area contributed by atoms with Gasteiger partial charge in [0.05, 0.1) is 6.20 Å². The molecule has 1 amide bonds. The molecular formula is C12H15N5O3. The average Bonchev–Trinajstić information content (AvgIpc) is 2.92. The molecule has 0 atom stereocenters. The van der Waals surface area contributed by atoms with Crippen molar-refractivity contribution in [3.05, 3.63) is 34.9 Å². The summed E-state index contributed by atoms with van der Waals surface area (Å²) in [7, 11) is 3.37. The second kappa shape index (κ2) is 5.16. The molecule has 0 unspecified atom stereocenters. The van der Waals surface area contributed by atoms with Gasteiger partial charge in [0.25, 0.3) is 5.91 Å². The molecule has 8 nitrogen and oxygen atoms in total. The van der Waals surface area contributed by atoms with Crippen molar-refractivity contribution in [2.45, 2.75) is 13.5 Å². The van der Waals surface area contributed by atoms with E-state index in [0.29, 0.717) is 0 Å². The lowest BCUT2D eigenvalue weighted by atomic mass is 10.2. The number of aryl methyl sites for hydroxylation is 2. The third-order valence-electron chi connectivity index (χ3n) is 3.05. The Bertz CT molecular complexity index is 671. The number of carboxylic acids is 1. The van der Waals surface area contributed by atoms with Gasteiger partial charge in [-0.3, -0.25) is 14.2 Å². The standard InChI is InChI=1S/C12H15N5O3/c1-7-8(5-14-17(7)3)4-13-11(18)10-9(12(19)20)6-16(2)15-10/h5-6H,4H2,1-3H3,(H,13,18)(H,19,20). The number of aromatic nitrogens is 4. The van der Waals surface area contributed by atoms with Gasteiger partial charge in [-0.2, -0.15) is 10.2 Å². The summed E-state index contributed by atoms with van der Waals surface area (Å²) in [5.41, 5.74) is 1.59. The molecule has 0 fully saturated rings. The molecule has 0 aromatic carbocycles. The van der Waals surface area contributed by atoms with Crippen LogP contribution in [0.4, 0.5) is 0 Å². The van der Waals surface area contributed by atoms with Gasteiger partial charge >= 0.3 is 5.97 Å². The Morgan fingerprint density at radius 1 is 1.40 bits per heavy atom. The average molecular weight is 277 g/mol. The fraction of sp³-hybridized carbons (Fsp3) is 0.333. The lowest BCUT2D eigenvalue weighted by Crippen LogP contribution is -2.25. The lowest BCUT2D eigenvalue weighted by Gasteiger charge is -2.03. The summed E-state index contributed by atoms with van der Waals surface area (Å²) in [5, 5.41) is 19.6. The van der Waals surface area contributed by atoms with Gasteiger partial charge in [0.15, 0.2) is 5.69 Å². The number of rotatable bonds is 4. The smallest absolute Gasteiger partial charge is 0.339 e. The minimum Gasteiger partial charge on any atom is -0.478 e. The number of amides is 1. The van der Waals surface area contributed by atoms with Crippen molar-refractivity contribution in [2.75, 3.05) is 0 Å². The molecule has 0 aliphatic heterocycles. The lowest BCUT2D eigenvalue weighted by molar-refractivity contribution is 0.0691. The van der Waals surface area contributed by atoms with Crippen molar-refractivity contribution in [1.82, 2.24) is 24.9 Å². The quantitative estimate of drug-likeness (QED) is 0.824. The number of hydrogen-bond donors (Lipinski definition) is 2. The number of aromatic carboxylic acids is 1. The predicted molar refractivity (Wildman–Crippen MR) is 69.3 cm³/mol. The third-order valence-corrected chi connectivity index (χ3v) is 3.05. The third kappa shape index (κ3) is 2.53. The topological polar surface area (TPSA) is 102 Å². The second-order valence-electron chi connectivity index (χ2n) is 4.43. The number of carbonyl (C=O) groups is 2. The van der Waals surface area contributed by atoms with Gasteiger partial charge in [-0.1, -0.05) is 0 Å². The normalized spacial score (nSPS) is 10.6. The van der Waals surface area contributed by atoms with Crippen LogP contribution >= 0.6 is 0 Å². The molecule has 0 radical (unpaired) electrons. The molecule has 0 aliphatic rings. The fourth-order valence-electron chi connectivity index (χ4n) is 1.79. The Morgan fingerprint density at radius 3 is 2.65 bits per heavy atom. The zero-order valence-electron chi connectivity index (χ0n) is 11.4. The van der Waals surface area contributed by atoms with E-state index in [-0.39, 0.29) is 17.8 Å². The minimum absolute atomic E-state index is 0.0958. The van der Waals surface area contributed by atoms with Gasteiger partial charge in [0.1, 0.15) is 5.56 Å². The molecule has 0 saturated heterocycles. The highest BCUT2D eigenvalue weighted by Gasteiger charge is 2.21. The van der Waals surface area contributed by atoms with Crippen LogP contribution in [-0.2, 0) is 20.6 Å². The first kappa shape index (κ1) is 13.8. The molecule has 0 bridgehead atoms. The van der Waals surface area contributed by atoms with Crippen LogP contribution in [-0.4, -0.2) is 36.5 Å². The molecule has 2 aromatic rings. The Balaban J connectivity index is 2.13. The van der Waals surface area contributed by atoms with Gasteiger partial charge in [-0.15, -0.1) is 0 Å². The predicted octanol–water partition coefficient (Wildman–Crippen LogP) is 0.0902. The van der Waals surface area contributed by atoms with Gasteiger partial charge in [-0.05, 0) is 6.92 Å². The van der Waals surface area contributed by atoms with E-state index in [0.717, 1.165) is 11.3 Å². The van der Waals surface area contributed by atoms with Crippen LogP contribution in [0.1, 0.15) is 32.1 Å². The van der Waals surface area contributed by atoms with E-state index >= 15 is 0 Å². The monoisotopic (exact) mass is 277 g/mol. The summed E-state index contributed by atoms with van der Waals surface area (Å²) in [4.78, 5) is 23.0. The number of carboxylic acid groups (broad SMARTS) is 1. The molecule has 2 N–H and O–H groups in total. The highest BCUT2D eigenvalue weighted by atomic mass is 16.4. The number of nitrogens with one attached hydrogen (secondary N) is 1. The minimum atomic E-state index is -1.18. The summed E-state index contributed by atoms with van der Waals surface area (Å²) in [6, 6.07) is 0. The van der Waals surface area contributed by atoms with Crippen LogP contribution in [0.2, 0.25) is 0 Å². The number of carbonyl (C=O) groups excluding carboxylic acids is 1. The maximum Gasteiger partial charge on any atom is 0.339 e. The molecule has 8 heteroatoms. The molecule has 0 spiro atoms. The Kier molecular flexibility index (Phi) is 3.55. The van der Waals surface area contributed by atoms with E-state index in [1.807, 2.05) is 14.0 Å². The van der Waals surface area contributed by atoms with E-state index in [9.17, 15) is 9.59 Å². The first-order valence-electron chi connectivity index (χ1n) is 5.92. The number of nitrogens with zero attached hydrogens (tertiary/aromatic N) is 4. The van der Waals surface area contributed by atoms with E-state index in [2.05, 4.69) is 15.5 Å². The Morgan fingerprint density at radius 2 is 2.10 bits per heavy atom. The summed E-state index contributed by atoms with van der Waals surface area (Å²) >= 11 is 0. The van der Waals surface area contributed by atoms with Crippen LogP contribution in [0.3, 0.4) is 0 Å². The number of hydrogen-bond acceptors (Lipinski definition) is 4. The highest BCUT2D eigenvalue weighted by molar-refractivity contribution is 6.03. The van der Waals surface area contributed by atoms with Crippen molar-refractivity contribution in [2.24, 2.45) is 14.1 Å². The summed E-state index contributed by atoms with van der Waals surface area (Å²) in [6.45, 7) is 2.16. The molecular weight excluding hydrogens is 262 g/mol. The maximum absolute atomic E-state index is 12.0. The van der Waals surface area contributed by atoms with Crippen LogP contribution in [0.15, 0.2) is 12.4 Å². The summed E-state index contributed by atoms with van der Waals surface area (Å²) < 4.78 is 3.00. The van der Waals surface area contributed by atoms with Gasteiger partial charge in [-0.25, -0.2) is 4.79 Å². The van der Waals surface area contributed by atoms with Crippen molar-refractivity contribution in [3.8, 4) is 0 Å². The van der Waals surface area contributed by atoms with Crippen molar-refractivity contribution < 1.29 is 14.7 Å².